The molecule has 2 fully saturated rings. The number of hydrogen-bond acceptors (Lipinski definition) is 5. The highest BCUT2D eigenvalue weighted by molar-refractivity contribution is 5.94. The van der Waals surface area contributed by atoms with E-state index in [4.69, 9.17) is 4.74 Å². The lowest BCUT2D eigenvalue weighted by molar-refractivity contribution is -0.121. The number of fused-ring (bicyclic) bond motifs is 1. The second-order valence-corrected chi connectivity index (χ2v) is 10.9. The molecule has 2 aliphatic heterocycles. The molecule has 1 saturated carbocycles. The fraction of sp³-hybridized carbons (Fsp3) is 0.517. The molecule has 1 aliphatic carbocycles. The number of likely N-dealkylation sites (tertiary alicyclic amines) is 1. The van der Waals surface area contributed by atoms with Gasteiger partial charge < -0.3 is 25.4 Å². The number of anilines is 2. The largest absolute Gasteiger partial charge is 0.496 e. The Kier molecular flexibility index (Phi) is 7.40. The van der Waals surface area contributed by atoms with Gasteiger partial charge in [-0.3, -0.25) is 9.69 Å². The molecule has 8 heteroatoms. The number of nitrogens with one attached hydrogen (secondary N) is 2. The molecule has 3 N–H and O–H groups in total. The predicted molar refractivity (Wildman–Crippen MR) is 144 cm³/mol. The van der Waals surface area contributed by atoms with Gasteiger partial charge in [-0.25, -0.2) is 4.79 Å². The van der Waals surface area contributed by atoms with E-state index in [-0.39, 0.29) is 30.0 Å². The summed E-state index contributed by atoms with van der Waals surface area (Å²) in [5.74, 6) is 0.735. The Morgan fingerprint density at radius 2 is 1.89 bits per heavy atom. The molecule has 0 aromatic heterocycles. The van der Waals surface area contributed by atoms with Crippen LogP contribution in [-0.4, -0.2) is 59.2 Å². The van der Waals surface area contributed by atoms with Gasteiger partial charge in [0.25, 0.3) is 0 Å². The molecule has 0 spiro atoms. The number of benzene rings is 2. The molecule has 1 atom stereocenters. The van der Waals surface area contributed by atoms with Gasteiger partial charge in [0.1, 0.15) is 5.75 Å². The molecule has 1 saturated heterocycles. The average molecular weight is 507 g/mol. The third kappa shape index (κ3) is 5.60. The van der Waals surface area contributed by atoms with Crippen molar-refractivity contribution in [2.75, 3.05) is 30.8 Å². The third-order valence-electron chi connectivity index (χ3n) is 8.20. The van der Waals surface area contributed by atoms with E-state index >= 15 is 0 Å². The topological polar surface area (TPSA) is 94.1 Å². The number of ether oxygens (including phenoxy) is 1. The normalized spacial score (nSPS) is 23.9. The van der Waals surface area contributed by atoms with Gasteiger partial charge in [0.05, 0.1) is 19.8 Å². The Morgan fingerprint density at radius 3 is 2.59 bits per heavy atom. The highest BCUT2D eigenvalue weighted by atomic mass is 16.5. The van der Waals surface area contributed by atoms with Gasteiger partial charge in [-0.1, -0.05) is 12.1 Å². The summed E-state index contributed by atoms with van der Waals surface area (Å²) in [4.78, 5) is 30.2. The zero-order valence-electron chi connectivity index (χ0n) is 22.0. The minimum absolute atomic E-state index is 0.0340. The Labute approximate surface area is 219 Å². The SMILES string of the molecule is COc1cc(NC(=O)C2CCC(N3Cc4c(C)cc(CN5CC[C@H](O)C5)cc4NC3=O)CC2)ccc1C. The first kappa shape index (κ1) is 25.5. The number of carbonyl (C=O) groups excluding carboxylic acids is 2. The summed E-state index contributed by atoms with van der Waals surface area (Å²) in [7, 11) is 1.63. The number of urea groups is 1. The molecule has 0 unspecified atom stereocenters. The van der Waals surface area contributed by atoms with Gasteiger partial charge in [-0.05, 0) is 80.3 Å². The number of amides is 3. The maximum Gasteiger partial charge on any atom is 0.322 e. The van der Waals surface area contributed by atoms with Crippen molar-refractivity contribution in [3.05, 3.63) is 52.6 Å². The molecular formula is C29H38N4O4. The van der Waals surface area contributed by atoms with E-state index in [1.165, 1.54) is 5.56 Å². The van der Waals surface area contributed by atoms with E-state index in [1.807, 2.05) is 30.0 Å². The van der Waals surface area contributed by atoms with Crippen LogP contribution in [0.25, 0.3) is 0 Å². The van der Waals surface area contributed by atoms with Crippen LogP contribution in [0.1, 0.15) is 54.4 Å². The zero-order valence-corrected chi connectivity index (χ0v) is 22.0. The Morgan fingerprint density at radius 1 is 1.11 bits per heavy atom. The van der Waals surface area contributed by atoms with Crippen molar-refractivity contribution in [2.24, 2.45) is 5.92 Å². The van der Waals surface area contributed by atoms with Crippen LogP contribution in [-0.2, 0) is 17.9 Å². The summed E-state index contributed by atoms with van der Waals surface area (Å²) in [6.07, 6.45) is 3.73. The quantitative estimate of drug-likeness (QED) is 0.539. The molecule has 0 bridgehead atoms. The fourth-order valence-electron chi connectivity index (χ4n) is 6.03. The number of aliphatic hydroxyl groups is 1. The van der Waals surface area contributed by atoms with Crippen LogP contribution in [0.4, 0.5) is 16.2 Å². The molecule has 3 amide bonds. The van der Waals surface area contributed by atoms with E-state index in [2.05, 4.69) is 34.6 Å². The molecule has 2 aromatic carbocycles. The van der Waals surface area contributed by atoms with E-state index < -0.39 is 0 Å². The first-order valence-electron chi connectivity index (χ1n) is 13.4. The van der Waals surface area contributed by atoms with Gasteiger partial charge in [-0.15, -0.1) is 0 Å². The Hall–Kier alpha value is -3.10. The van der Waals surface area contributed by atoms with Crippen LogP contribution in [0.3, 0.4) is 0 Å². The number of aryl methyl sites for hydroxylation is 2. The van der Waals surface area contributed by atoms with E-state index in [1.54, 1.807) is 7.11 Å². The number of β-amino-alcohol motifs (C(OH)–C–C–N with tert-alkyl or cyclic N) is 1. The lowest BCUT2D eigenvalue weighted by Gasteiger charge is -2.39. The third-order valence-corrected chi connectivity index (χ3v) is 8.20. The summed E-state index contributed by atoms with van der Waals surface area (Å²) < 4.78 is 5.37. The number of hydrogen-bond donors (Lipinski definition) is 3. The molecule has 198 valence electrons. The lowest BCUT2D eigenvalue weighted by atomic mass is 9.84. The number of nitrogens with zero attached hydrogens (tertiary/aromatic N) is 2. The first-order valence-corrected chi connectivity index (χ1v) is 13.4. The number of aliphatic hydroxyl groups excluding tert-OH is 1. The van der Waals surface area contributed by atoms with E-state index in [0.717, 1.165) is 79.0 Å². The summed E-state index contributed by atoms with van der Waals surface area (Å²) >= 11 is 0. The number of rotatable bonds is 6. The maximum absolute atomic E-state index is 13.1. The van der Waals surface area contributed by atoms with Crippen LogP contribution in [0.2, 0.25) is 0 Å². The molecular weight excluding hydrogens is 468 g/mol. The Balaban J connectivity index is 1.18. The monoisotopic (exact) mass is 506 g/mol. The van der Waals surface area contributed by atoms with Gasteiger partial charge in [0, 0.05) is 49.0 Å². The Bertz CT molecular complexity index is 1170. The number of carbonyl (C=O) groups is 2. The minimum atomic E-state index is -0.237. The van der Waals surface area contributed by atoms with Crippen molar-refractivity contribution in [3.63, 3.8) is 0 Å². The molecule has 8 nitrogen and oxygen atoms in total. The molecule has 2 heterocycles. The van der Waals surface area contributed by atoms with E-state index in [9.17, 15) is 14.7 Å². The van der Waals surface area contributed by atoms with Gasteiger partial charge in [0.2, 0.25) is 5.91 Å². The predicted octanol–water partition coefficient (Wildman–Crippen LogP) is 4.42. The van der Waals surface area contributed by atoms with Gasteiger partial charge in [0.15, 0.2) is 0 Å². The van der Waals surface area contributed by atoms with Crippen molar-refractivity contribution in [3.8, 4) is 5.75 Å². The zero-order chi connectivity index (χ0) is 26.1. The highest BCUT2D eigenvalue weighted by Crippen LogP contribution is 2.35. The van der Waals surface area contributed by atoms with Crippen molar-refractivity contribution in [2.45, 2.75) is 71.2 Å². The standard InChI is InChI=1S/C29H38N4O4/c1-18-4-7-22(14-27(18)37-3)30-28(35)21-5-8-23(9-6-21)33-17-25-19(2)12-20(13-26(25)31-29(33)36)15-32-11-10-24(34)16-32/h4,7,12-14,21,23-24,34H,5-6,8-11,15-17H2,1-3H3,(H,30,35)(H,31,36)/t21?,23?,24-/m0/s1. The average Bonchev–Trinajstić information content (AvgIpc) is 3.29. The van der Waals surface area contributed by atoms with Crippen LogP contribution in [0.15, 0.2) is 30.3 Å². The summed E-state index contributed by atoms with van der Waals surface area (Å²) in [6, 6.07) is 10.1. The van der Waals surface area contributed by atoms with Crippen LogP contribution in [0.5, 0.6) is 5.75 Å². The van der Waals surface area contributed by atoms with Crippen molar-refractivity contribution < 1.29 is 19.4 Å². The fourth-order valence-corrected chi connectivity index (χ4v) is 6.03. The molecule has 37 heavy (non-hydrogen) atoms. The summed E-state index contributed by atoms with van der Waals surface area (Å²) in [6.45, 7) is 7.07. The van der Waals surface area contributed by atoms with Gasteiger partial charge >= 0.3 is 6.03 Å². The second-order valence-electron chi connectivity index (χ2n) is 10.9. The molecule has 3 aliphatic rings. The van der Waals surface area contributed by atoms with Gasteiger partial charge in [-0.2, -0.15) is 0 Å². The van der Waals surface area contributed by atoms with Crippen molar-refractivity contribution in [1.82, 2.24) is 9.80 Å². The second kappa shape index (κ2) is 10.7. The van der Waals surface area contributed by atoms with Crippen LogP contribution < -0.4 is 15.4 Å². The van der Waals surface area contributed by atoms with E-state index in [0.29, 0.717) is 13.1 Å². The van der Waals surface area contributed by atoms with Crippen LogP contribution >= 0.6 is 0 Å². The van der Waals surface area contributed by atoms with Crippen molar-refractivity contribution >= 4 is 23.3 Å². The van der Waals surface area contributed by atoms with Crippen LogP contribution in [0, 0.1) is 19.8 Å². The summed E-state index contributed by atoms with van der Waals surface area (Å²) in [5.41, 5.74) is 6.18. The minimum Gasteiger partial charge on any atom is -0.496 e. The number of methoxy groups -OCH3 is 1. The molecule has 5 rings (SSSR count). The smallest absolute Gasteiger partial charge is 0.322 e. The molecule has 2 aromatic rings. The maximum atomic E-state index is 13.1. The molecule has 0 radical (unpaired) electrons. The lowest BCUT2D eigenvalue weighted by Crippen LogP contribution is -2.47. The van der Waals surface area contributed by atoms with Crippen molar-refractivity contribution in [1.29, 1.82) is 0 Å². The summed E-state index contributed by atoms with van der Waals surface area (Å²) in [5, 5.41) is 16.0. The highest BCUT2D eigenvalue weighted by Gasteiger charge is 2.35. The first-order chi connectivity index (χ1) is 17.8.